The van der Waals surface area contributed by atoms with Gasteiger partial charge in [-0.25, -0.2) is 9.78 Å². The zero-order valence-corrected chi connectivity index (χ0v) is 15.4. The van der Waals surface area contributed by atoms with Crippen LogP contribution in [0.5, 0.6) is 17.4 Å². The molecule has 1 aromatic heterocycles. The Morgan fingerprint density at radius 2 is 1.77 bits per heavy atom. The van der Waals surface area contributed by atoms with E-state index in [0.29, 0.717) is 30.5 Å². The van der Waals surface area contributed by atoms with Gasteiger partial charge in [-0.2, -0.15) is 0 Å². The van der Waals surface area contributed by atoms with E-state index in [-0.39, 0.29) is 12.0 Å². The minimum absolute atomic E-state index is 0.0564. The second-order valence-corrected chi connectivity index (χ2v) is 7.08. The van der Waals surface area contributed by atoms with Crippen molar-refractivity contribution in [1.29, 1.82) is 0 Å². The van der Waals surface area contributed by atoms with Crippen LogP contribution in [0.3, 0.4) is 0 Å². The predicted molar refractivity (Wildman–Crippen MR) is 95.6 cm³/mol. The number of likely N-dealkylation sites (tertiary alicyclic amines) is 1. The SMILES string of the molecule is COc1ccccc1Oc1nccnc1C1CN(C(=O)OC(C)(C)C)C1. The fraction of sp³-hybridized carbons (Fsp3) is 0.421. The third-order valence-corrected chi connectivity index (χ3v) is 3.89. The van der Waals surface area contributed by atoms with Gasteiger partial charge >= 0.3 is 6.09 Å². The number of nitrogens with zero attached hydrogens (tertiary/aromatic N) is 3. The van der Waals surface area contributed by atoms with Crippen molar-refractivity contribution in [3.05, 3.63) is 42.4 Å². The van der Waals surface area contributed by atoms with E-state index in [1.807, 2.05) is 45.0 Å². The molecule has 7 heteroatoms. The predicted octanol–water partition coefficient (Wildman–Crippen LogP) is 3.61. The largest absolute Gasteiger partial charge is 0.493 e. The second kappa shape index (κ2) is 7.19. The fourth-order valence-electron chi connectivity index (χ4n) is 2.63. The van der Waals surface area contributed by atoms with Crippen LogP contribution in [-0.2, 0) is 4.74 Å². The molecule has 1 fully saturated rings. The number of methoxy groups -OCH3 is 1. The topological polar surface area (TPSA) is 73.8 Å². The zero-order valence-electron chi connectivity index (χ0n) is 15.4. The molecule has 1 amide bonds. The Balaban J connectivity index is 1.70. The van der Waals surface area contributed by atoms with Gasteiger partial charge in [-0.3, -0.25) is 4.98 Å². The summed E-state index contributed by atoms with van der Waals surface area (Å²) in [5.41, 5.74) is 0.213. The zero-order chi connectivity index (χ0) is 18.7. The average molecular weight is 357 g/mol. The summed E-state index contributed by atoms with van der Waals surface area (Å²) in [6, 6.07) is 7.36. The number of ether oxygens (including phenoxy) is 3. The van der Waals surface area contributed by atoms with Crippen LogP contribution in [-0.4, -0.2) is 46.8 Å². The molecule has 0 bridgehead atoms. The maximum atomic E-state index is 12.1. The Kier molecular flexibility index (Phi) is 4.97. The third-order valence-electron chi connectivity index (χ3n) is 3.89. The molecule has 0 radical (unpaired) electrons. The summed E-state index contributed by atoms with van der Waals surface area (Å²) in [6.07, 6.45) is 2.89. The number of hydrogen-bond acceptors (Lipinski definition) is 6. The first kappa shape index (κ1) is 18.0. The molecule has 2 aromatic rings. The molecule has 0 atom stereocenters. The lowest BCUT2D eigenvalue weighted by Gasteiger charge is -2.39. The van der Waals surface area contributed by atoms with Gasteiger partial charge in [0.15, 0.2) is 11.5 Å². The van der Waals surface area contributed by atoms with E-state index in [2.05, 4.69) is 9.97 Å². The van der Waals surface area contributed by atoms with Gasteiger partial charge in [0.05, 0.1) is 7.11 Å². The van der Waals surface area contributed by atoms with Crippen LogP contribution in [0.1, 0.15) is 32.4 Å². The molecule has 26 heavy (non-hydrogen) atoms. The molecule has 138 valence electrons. The molecule has 1 aliphatic heterocycles. The Bertz CT molecular complexity index is 782. The van der Waals surface area contributed by atoms with Crippen LogP contribution in [0.25, 0.3) is 0 Å². The van der Waals surface area contributed by atoms with Crippen molar-refractivity contribution in [3.63, 3.8) is 0 Å². The number of benzene rings is 1. The van der Waals surface area contributed by atoms with Crippen LogP contribution >= 0.6 is 0 Å². The van der Waals surface area contributed by atoms with E-state index in [0.717, 1.165) is 5.69 Å². The molecule has 1 aromatic carbocycles. The van der Waals surface area contributed by atoms with Crippen LogP contribution in [0.4, 0.5) is 4.79 Å². The number of hydrogen-bond donors (Lipinski definition) is 0. The molecule has 0 aliphatic carbocycles. The second-order valence-electron chi connectivity index (χ2n) is 7.08. The maximum absolute atomic E-state index is 12.1. The molecular formula is C19H23N3O4. The van der Waals surface area contributed by atoms with Gasteiger partial charge in [0.2, 0.25) is 5.88 Å². The molecular weight excluding hydrogens is 334 g/mol. The van der Waals surface area contributed by atoms with Crippen molar-refractivity contribution in [2.24, 2.45) is 0 Å². The van der Waals surface area contributed by atoms with Crippen molar-refractivity contribution in [3.8, 4) is 17.4 Å². The summed E-state index contributed by atoms with van der Waals surface area (Å²) in [5.74, 6) is 1.67. The Labute approximate surface area is 152 Å². The number of amides is 1. The summed E-state index contributed by atoms with van der Waals surface area (Å²) < 4.78 is 16.6. The molecule has 0 saturated carbocycles. The summed E-state index contributed by atoms with van der Waals surface area (Å²) in [7, 11) is 1.59. The minimum Gasteiger partial charge on any atom is -0.493 e. The van der Waals surface area contributed by atoms with E-state index < -0.39 is 5.60 Å². The Morgan fingerprint density at radius 1 is 1.12 bits per heavy atom. The van der Waals surface area contributed by atoms with Gasteiger partial charge in [-0.15, -0.1) is 0 Å². The number of carbonyl (C=O) groups excluding carboxylic acids is 1. The van der Waals surface area contributed by atoms with Gasteiger partial charge in [-0.1, -0.05) is 12.1 Å². The van der Waals surface area contributed by atoms with Gasteiger partial charge in [-0.05, 0) is 32.9 Å². The lowest BCUT2D eigenvalue weighted by molar-refractivity contribution is 0.00764. The monoisotopic (exact) mass is 357 g/mol. The Hall–Kier alpha value is -2.83. The quantitative estimate of drug-likeness (QED) is 0.832. The van der Waals surface area contributed by atoms with Crippen LogP contribution in [0.2, 0.25) is 0 Å². The summed E-state index contributed by atoms with van der Waals surface area (Å²) >= 11 is 0. The van der Waals surface area contributed by atoms with E-state index in [1.165, 1.54) is 0 Å². The Morgan fingerprint density at radius 3 is 2.42 bits per heavy atom. The van der Waals surface area contributed by atoms with Gasteiger partial charge in [0.1, 0.15) is 11.3 Å². The van der Waals surface area contributed by atoms with E-state index in [1.54, 1.807) is 24.4 Å². The average Bonchev–Trinajstić information content (AvgIpc) is 2.54. The van der Waals surface area contributed by atoms with Crippen molar-refractivity contribution in [1.82, 2.24) is 14.9 Å². The van der Waals surface area contributed by atoms with Crippen molar-refractivity contribution < 1.29 is 19.0 Å². The highest BCUT2D eigenvalue weighted by Gasteiger charge is 2.37. The lowest BCUT2D eigenvalue weighted by atomic mass is 9.97. The number of carbonyl (C=O) groups is 1. The third kappa shape index (κ3) is 4.04. The number of para-hydroxylation sites is 2. The minimum atomic E-state index is -0.507. The van der Waals surface area contributed by atoms with E-state index >= 15 is 0 Å². The molecule has 7 nitrogen and oxygen atoms in total. The van der Waals surface area contributed by atoms with E-state index in [4.69, 9.17) is 14.2 Å². The summed E-state index contributed by atoms with van der Waals surface area (Å²) in [5, 5.41) is 0. The molecule has 0 N–H and O–H groups in total. The summed E-state index contributed by atoms with van der Waals surface area (Å²) in [4.78, 5) is 22.5. The van der Waals surface area contributed by atoms with Crippen LogP contribution in [0, 0.1) is 0 Å². The molecule has 0 unspecified atom stereocenters. The fourth-order valence-corrected chi connectivity index (χ4v) is 2.63. The van der Waals surface area contributed by atoms with Gasteiger partial charge < -0.3 is 19.1 Å². The smallest absolute Gasteiger partial charge is 0.410 e. The first-order valence-corrected chi connectivity index (χ1v) is 8.47. The summed E-state index contributed by atoms with van der Waals surface area (Å²) in [6.45, 7) is 6.60. The standard InChI is InChI=1S/C19H23N3O4/c1-19(2,3)26-18(23)22-11-13(12-22)16-17(21-10-9-20-16)25-15-8-6-5-7-14(15)24-4/h5-10,13H,11-12H2,1-4H3. The van der Waals surface area contributed by atoms with Crippen LogP contribution < -0.4 is 9.47 Å². The number of rotatable bonds is 4. The first-order valence-electron chi connectivity index (χ1n) is 8.47. The molecule has 1 saturated heterocycles. The highest BCUT2D eigenvalue weighted by atomic mass is 16.6. The van der Waals surface area contributed by atoms with Crippen molar-refractivity contribution in [2.45, 2.75) is 32.3 Å². The maximum Gasteiger partial charge on any atom is 0.410 e. The molecule has 0 spiro atoms. The van der Waals surface area contributed by atoms with Crippen molar-refractivity contribution >= 4 is 6.09 Å². The van der Waals surface area contributed by atoms with Gasteiger partial charge in [0, 0.05) is 31.4 Å². The van der Waals surface area contributed by atoms with Crippen molar-refractivity contribution in [2.75, 3.05) is 20.2 Å². The highest BCUT2D eigenvalue weighted by Crippen LogP contribution is 2.36. The molecule has 3 rings (SSSR count). The van der Waals surface area contributed by atoms with Gasteiger partial charge in [0.25, 0.3) is 0 Å². The highest BCUT2D eigenvalue weighted by molar-refractivity contribution is 5.69. The normalized spacial score (nSPS) is 14.5. The number of aromatic nitrogens is 2. The molecule has 2 heterocycles. The van der Waals surface area contributed by atoms with E-state index in [9.17, 15) is 4.79 Å². The van der Waals surface area contributed by atoms with Crippen LogP contribution in [0.15, 0.2) is 36.7 Å². The lowest BCUT2D eigenvalue weighted by Crippen LogP contribution is -2.50. The first-order chi connectivity index (χ1) is 12.4. The molecule has 1 aliphatic rings.